The Morgan fingerprint density at radius 1 is 1.43 bits per heavy atom. The molecule has 1 aliphatic carbocycles. The highest BCUT2D eigenvalue weighted by molar-refractivity contribution is 5.32. The third kappa shape index (κ3) is 1.91. The van der Waals surface area contributed by atoms with E-state index in [4.69, 9.17) is 0 Å². The van der Waals surface area contributed by atoms with Gasteiger partial charge in [0.2, 0.25) is 0 Å². The minimum atomic E-state index is 0.610. The summed E-state index contributed by atoms with van der Waals surface area (Å²) < 4.78 is 0. The van der Waals surface area contributed by atoms with E-state index >= 15 is 0 Å². The zero-order valence-electron chi connectivity index (χ0n) is 8.96. The van der Waals surface area contributed by atoms with Crippen molar-refractivity contribution in [3.8, 4) is 0 Å². The van der Waals surface area contributed by atoms with Gasteiger partial charge < -0.3 is 10.3 Å². The van der Waals surface area contributed by atoms with Crippen LogP contribution in [0.25, 0.3) is 0 Å². The SMILES string of the molecule is C[C@@H]1[C@H](C)CCC[C@@H]1Nc1cnc[nH]1. The number of rotatable bonds is 2. The van der Waals surface area contributed by atoms with Crippen LogP contribution in [0.1, 0.15) is 33.1 Å². The summed E-state index contributed by atoms with van der Waals surface area (Å²) >= 11 is 0. The Kier molecular flexibility index (Phi) is 2.75. The first-order chi connectivity index (χ1) is 6.77. The van der Waals surface area contributed by atoms with Crippen molar-refractivity contribution in [2.45, 2.75) is 39.2 Å². The van der Waals surface area contributed by atoms with E-state index in [2.05, 4.69) is 29.1 Å². The van der Waals surface area contributed by atoms with E-state index < -0.39 is 0 Å². The van der Waals surface area contributed by atoms with E-state index in [0.29, 0.717) is 6.04 Å². The molecule has 2 N–H and O–H groups in total. The fourth-order valence-corrected chi connectivity index (χ4v) is 2.32. The molecule has 14 heavy (non-hydrogen) atoms. The first-order valence-corrected chi connectivity index (χ1v) is 5.52. The second-order valence-electron chi connectivity index (χ2n) is 4.48. The molecule has 0 unspecified atom stereocenters. The van der Waals surface area contributed by atoms with Gasteiger partial charge in [-0.15, -0.1) is 0 Å². The summed E-state index contributed by atoms with van der Waals surface area (Å²) in [6.45, 7) is 4.70. The second-order valence-corrected chi connectivity index (χ2v) is 4.48. The number of imidazole rings is 1. The van der Waals surface area contributed by atoms with Gasteiger partial charge in [-0.25, -0.2) is 4.98 Å². The first kappa shape index (κ1) is 9.56. The average Bonchev–Trinajstić information content (AvgIpc) is 2.66. The van der Waals surface area contributed by atoms with E-state index in [1.807, 2.05) is 6.20 Å². The number of hydrogen-bond acceptors (Lipinski definition) is 2. The van der Waals surface area contributed by atoms with E-state index in [9.17, 15) is 0 Å². The van der Waals surface area contributed by atoms with Crippen LogP contribution >= 0.6 is 0 Å². The van der Waals surface area contributed by atoms with Crippen LogP contribution in [-0.4, -0.2) is 16.0 Å². The molecule has 1 heterocycles. The summed E-state index contributed by atoms with van der Waals surface area (Å²) in [5.74, 6) is 2.65. The Morgan fingerprint density at radius 3 is 3.00 bits per heavy atom. The molecule has 0 bridgehead atoms. The summed E-state index contributed by atoms with van der Waals surface area (Å²) in [4.78, 5) is 7.11. The molecule has 0 aromatic carbocycles. The third-order valence-electron chi connectivity index (χ3n) is 3.55. The molecule has 0 amide bonds. The van der Waals surface area contributed by atoms with Crippen LogP contribution in [0.5, 0.6) is 0 Å². The molecule has 3 heteroatoms. The van der Waals surface area contributed by atoms with Crippen molar-refractivity contribution in [2.75, 3.05) is 5.32 Å². The average molecular weight is 193 g/mol. The molecule has 1 aliphatic rings. The Morgan fingerprint density at radius 2 is 2.29 bits per heavy atom. The molecular weight excluding hydrogens is 174 g/mol. The van der Waals surface area contributed by atoms with Gasteiger partial charge in [-0.3, -0.25) is 0 Å². The van der Waals surface area contributed by atoms with Gasteiger partial charge in [-0.2, -0.15) is 0 Å². The number of anilines is 1. The molecule has 3 nitrogen and oxygen atoms in total. The fourth-order valence-electron chi connectivity index (χ4n) is 2.32. The second kappa shape index (κ2) is 4.03. The monoisotopic (exact) mass is 193 g/mol. The highest BCUT2D eigenvalue weighted by Gasteiger charge is 2.26. The van der Waals surface area contributed by atoms with Crippen molar-refractivity contribution in [3.63, 3.8) is 0 Å². The highest BCUT2D eigenvalue weighted by Crippen LogP contribution is 2.31. The summed E-state index contributed by atoms with van der Waals surface area (Å²) in [5, 5.41) is 3.52. The quantitative estimate of drug-likeness (QED) is 0.758. The molecule has 78 valence electrons. The van der Waals surface area contributed by atoms with Crippen molar-refractivity contribution >= 4 is 5.82 Å². The van der Waals surface area contributed by atoms with Gasteiger partial charge in [0.1, 0.15) is 5.82 Å². The summed E-state index contributed by atoms with van der Waals surface area (Å²) in [6, 6.07) is 0.610. The van der Waals surface area contributed by atoms with Crippen LogP contribution in [0.3, 0.4) is 0 Å². The smallest absolute Gasteiger partial charge is 0.123 e. The topological polar surface area (TPSA) is 40.7 Å². The number of hydrogen-bond donors (Lipinski definition) is 2. The maximum atomic E-state index is 4.01. The number of nitrogens with zero attached hydrogens (tertiary/aromatic N) is 1. The number of aromatic amines is 1. The highest BCUT2D eigenvalue weighted by atomic mass is 15.1. The van der Waals surface area contributed by atoms with Gasteiger partial charge in [-0.1, -0.05) is 26.7 Å². The van der Waals surface area contributed by atoms with Crippen LogP contribution < -0.4 is 5.32 Å². The Bertz CT molecular complexity index is 268. The number of H-pyrrole nitrogens is 1. The van der Waals surface area contributed by atoms with Crippen LogP contribution in [0.2, 0.25) is 0 Å². The Labute approximate surface area is 85.3 Å². The van der Waals surface area contributed by atoms with Crippen LogP contribution in [0.4, 0.5) is 5.82 Å². The maximum Gasteiger partial charge on any atom is 0.123 e. The molecular formula is C11H19N3. The molecule has 1 aromatic heterocycles. The van der Waals surface area contributed by atoms with Gasteiger partial charge in [0, 0.05) is 6.04 Å². The number of nitrogens with one attached hydrogen (secondary N) is 2. The lowest BCUT2D eigenvalue weighted by Crippen LogP contribution is -2.35. The summed E-state index contributed by atoms with van der Waals surface area (Å²) in [6.07, 6.45) is 7.58. The van der Waals surface area contributed by atoms with E-state index in [-0.39, 0.29) is 0 Å². The van der Waals surface area contributed by atoms with Crippen molar-refractivity contribution < 1.29 is 0 Å². The normalized spacial score (nSPS) is 32.9. The van der Waals surface area contributed by atoms with Crippen molar-refractivity contribution in [1.82, 2.24) is 9.97 Å². The van der Waals surface area contributed by atoms with Gasteiger partial charge >= 0.3 is 0 Å². The lowest BCUT2D eigenvalue weighted by Gasteiger charge is -2.34. The van der Waals surface area contributed by atoms with Gasteiger partial charge in [0.05, 0.1) is 12.5 Å². The van der Waals surface area contributed by atoms with Gasteiger partial charge in [-0.05, 0) is 18.3 Å². The summed E-state index contributed by atoms with van der Waals surface area (Å²) in [5.41, 5.74) is 0. The lowest BCUT2D eigenvalue weighted by molar-refractivity contribution is 0.253. The van der Waals surface area contributed by atoms with Crippen molar-refractivity contribution in [2.24, 2.45) is 11.8 Å². The molecule has 1 saturated carbocycles. The van der Waals surface area contributed by atoms with Crippen molar-refractivity contribution in [3.05, 3.63) is 12.5 Å². The molecule has 0 spiro atoms. The molecule has 2 rings (SSSR count). The molecule has 1 aromatic rings. The third-order valence-corrected chi connectivity index (χ3v) is 3.55. The molecule has 0 aliphatic heterocycles. The van der Waals surface area contributed by atoms with Crippen LogP contribution in [-0.2, 0) is 0 Å². The minimum Gasteiger partial charge on any atom is -0.367 e. The van der Waals surface area contributed by atoms with E-state index in [1.54, 1.807) is 6.33 Å². The van der Waals surface area contributed by atoms with Gasteiger partial charge in [0.25, 0.3) is 0 Å². The Balaban J connectivity index is 1.97. The molecule has 3 atom stereocenters. The molecule has 0 saturated heterocycles. The predicted octanol–water partition coefficient (Wildman–Crippen LogP) is 2.65. The van der Waals surface area contributed by atoms with E-state index in [1.165, 1.54) is 19.3 Å². The van der Waals surface area contributed by atoms with Crippen LogP contribution in [0.15, 0.2) is 12.5 Å². The molecule has 1 fully saturated rings. The fraction of sp³-hybridized carbons (Fsp3) is 0.727. The molecule has 0 radical (unpaired) electrons. The zero-order valence-corrected chi connectivity index (χ0v) is 8.96. The zero-order chi connectivity index (χ0) is 9.97. The number of aromatic nitrogens is 2. The standard InChI is InChI=1S/C11H19N3/c1-8-4-3-5-10(9(8)2)14-11-6-12-7-13-11/h6-10,14H,3-5H2,1-2H3,(H,12,13)/t8-,9-,10+/m1/s1. The van der Waals surface area contributed by atoms with Gasteiger partial charge in [0.15, 0.2) is 0 Å². The largest absolute Gasteiger partial charge is 0.367 e. The van der Waals surface area contributed by atoms with Crippen molar-refractivity contribution in [1.29, 1.82) is 0 Å². The maximum absolute atomic E-state index is 4.01. The Hall–Kier alpha value is -0.990. The minimum absolute atomic E-state index is 0.610. The summed E-state index contributed by atoms with van der Waals surface area (Å²) in [7, 11) is 0. The first-order valence-electron chi connectivity index (χ1n) is 5.52. The lowest BCUT2D eigenvalue weighted by atomic mass is 9.78. The van der Waals surface area contributed by atoms with E-state index in [0.717, 1.165) is 17.7 Å². The van der Waals surface area contributed by atoms with Crippen LogP contribution in [0, 0.1) is 11.8 Å². The predicted molar refractivity (Wildman–Crippen MR) is 58.2 cm³/mol.